The van der Waals surface area contributed by atoms with Gasteiger partial charge in [0.15, 0.2) is 0 Å². The van der Waals surface area contributed by atoms with Crippen LogP contribution in [0, 0.1) is 0 Å². The Morgan fingerprint density at radius 2 is 2.05 bits per heavy atom. The summed E-state index contributed by atoms with van der Waals surface area (Å²) in [4.78, 5) is 8.44. The summed E-state index contributed by atoms with van der Waals surface area (Å²) in [6.07, 6.45) is 4.27. The van der Waals surface area contributed by atoms with Crippen LogP contribution in [-0.2, 0) is 13.5 Å². The monoisotopic (exact) mass is 269 g/mol. The number of hydrogen-bond acceptors (Lipinski definition) is 5. The average molecular weight is 269 g/mol. The van der Waals surface area contributed by atoms with Crippen molar-refractivity contribution in [3.05, 3.63) is 42.4 Å². The lowest BCUT2D eigenvalue weighted by molar-refractivity contribution is 0.432. The second kappa shape index (κ2) is 5.26. The van der Waals surface area contributed by atoms with Crippen LogP contribution in [0.15, 0.2) is 41.3 Å². The highest BCUT2D eigenvalue weighted by Crippen LogP contribution is 2.22. The molecule has 0 aliphatic heterocycles. The molecule has 0 aliphatic carbocycles. The number of nitrogens with two attached hydrogens (primary N) is 1. The van der Waals surface area contributed by atoms with E-state index in [4.69, 9.17) is 10.3 Å². The molecule has 2 N–H and O–H groups in total. The number of aryl methyl sites for hydroxylation is 1. The minimum Gasteiger partial charge on any atom is -0.334 e. The van der Waals surface area contributed by atoms with Gasteiger partial charge in [0, 0.05) is 12.6 Å². The number of imidazole rings is 1. The Morgan fingerprint density at radius 3 is 2.70 bits per heavy atom. The summed E-state index contributed by atoms with van der Waals surface area (Å²) in [6, 6.07) is 7.98. The number of hydrogen-bond donors (Lipinski definition) is 1. The first kappa shape index (κ1) is 12.6. The quantitative estimate of drug-likeness (QED) is 0.778. The molecule has 6 nitrogen and oxygen atoms in total. The van der Waals surface area contributed by atoms with Crippen molar-refractivity contribution in [1.82, 2.24) is 19.7 Å². The summed E-state index contributed by atoms with van der Waals surface area (Å²) < 4.78 is 7.15. The van der Waals surface area contributed by atoms with E-state index < -0.39 is 0 Å². The van der Waals surface area contributed by atoms with Crippen molar-refractivity contribution in [2.24, 2.45) is 12.8 Å². The smallest absolute Gasteiger partial charge is 0.258 e. The van der Waals surface area contributed by atoms with E-state index in [1.54, 1.807) is 12.5 Å². The van der Waals surface area contributed by atoms with E-state index >= 15 is 0 Å². The topological polar surface area (TPSA) is 82.8 Å². The molecular formula is C14H15N5O. The number of aromatic nitrogens is 4. The molecule has 2 heterocycles. The van der Waals surface area contributed by atoms with Crippen molar-refractivity contribution in [3.8, 4) is 23.0 Å². The lowest BCUT2D eigenvalue weighted by Gasteiger charge is -1.99. The van der Waals surface area contributed by atoms with Gasteiger partial charge in [0.25, 0.3) is 5.89 Å². The molecule has 2 aromatic heterocycles. The molecule has 0 radical (unpaired) electrons. The first-order chi connectivity index (χ1) is 9.78. The van der Waals surface area contributed by atoms with E-state index in [9.17, 15) is 0 Å². The van der Waals surface area contributed by atoms with Gasteiger partial charge in [-0.15, -0.1) is 0 Å². The third-order valence-corrected chi connectivity index (χ3v) is 3.11. The zero-order valence-electron chi connectivity index (χ0n) is 11.2. The molecule has 3 aromatic rings. The van der Waals surface area contributed by atoms with E-state index in [-0.39, 0.29) is 0 Å². The Balaban J connectivity index is 1.88. The molecule has 102 valence electrons. The van der Waals surface area contributed by atoms with E-state index in [1.165, 1.54) is 5.56 Å². The van der Waals surface area contributed by atoms with Gasteiger partial charge in [0.2, 0.25) is 5.82 Å². The van der Waals surface area contributed by atoms with Crippen LogP contribution in [-0.4, -0.2) is 26.2 Å². The predicted octanol–water partition coefficient (Wildman–Crippen LogP) is 1.64. The summed E-state index contributed by atoms with van der Waals surface area (Å²) in [7, 11) is 1.89. The summed E-state index contributed by atoms with van der Waals surface area (Å²) in [6.45, 7) is 0.643. The minimum atomic E-state index is 0.500. The maximum absolute atomic E-state index is 5.53. The zero-order valence-corrected chi connectivity index (χ0v) is 11.2. The Labute approximate surface area is 116 Å². The maximum Gasteiger partial charge on any atom is 0.258 e. The summed E-state index contributed by atoms with van der Waals surface area (Å²) in [5, 5.41) is 3.99. The normalized spacial score (nSPS) is 10.9. The van der Waals surface area contributed by atoms with Crippen LogP contribution in [0.5, 0.6) is 0 Å². The third kappa shape index (κ3) is 2.33. The number of benzene rings is 1. The van der Waals surface area contributed by atoms with Gasteiger partial charge in [-0.1, -0.05) is 17.3 Å². The molecule has 20 heavy (non-hydrogen) atoms. The van der Waals surface area contributed by atoms with Crippen molar-refractivity contribution in [2.75, 3.05) is 6.54 Å². The van der Waals surface area contributed by atoms with Crippen molar-refractivity contribution in [1.29, 1.82) is 0 Å². The van der Waals surface area contributed by atoms with Gasteiger partial charge >= 0.3 is 0 Å². The van der Waals surface area contributed by atoms with Crippen LogP contribution in [0.1, 0.15) is 5.56 Å². The molecule has 0 unspecified atom stereocenters. The van der Waals surface area contributed by atoms with Crippen molar-refractivity contribution < 1.29 is 4.52 Å². The van der Waals surface area contributed by atoms with Gasteiger partial charge < -0.3 is 14.8 Å². The molecule has 3 rings (SSSR count). The average Bonchev–Trinajstić information content (AvgIpc) is 3.08. The maximum atomic E-state index is 5.53. The second-order valence-electron chi connectivity index (χ2n) is 4.55. The number of rotatable bonds is 4. The van der Waals surface area contributed by atoms with Gasteiger partial charge in [0.1, 0.15) is 5.69 Å². The van der Waals surface area contributed by atoms with Gasteiger partial charge in [0.05, 0.1) is 12.5 Å². The van der Waals surface area contributed by atoms with E-state index in [2.05, 4.69) is 15.1 Å². The Hall–Kier alpha value is -2.47. The van der Waals surface area contributed by atoms with Gasteiger partial charge in [-0.2, -0.15) is 4.98 Å². The molecule has 0 fully saturated rings. The Kier molecular flexibility index (Phi) is 3.30. The summed E-state index contributed by atoms with van der Waals surface area (Å²) in [5.41, 5.74) is 8.44. The first-order valence-electron chi connectivity index (χ1n) is 6.37. The molecule has 0 atom stereocenters. The fourth-order valence-electron chi connectivity index (χ4n) is 2.00. The number of nitrogens with zero attached hydrogens (tertiary/aromatic N) is 4. The van der Waals surface area contributed by atoms with Crippen LogP contribution < -0.4 is 5.73 Å². The molecular weight excluding hydrogens is 254 g/mol. The fraction of sp³-hybridized carbons (Fsp3) is 0.214. The molecule has 0 saturated heterocycles. The lowest BCUT2D eigenvalue weighted by atomic mass is 10.1. The highest BCUT2D eigenvalue weighted by molar-refractivity contribution is 5.57. The Morgan fingerprint density at radius 1 is 1.25 bits per heavy atom. The van der Waals surface area contributed by atoms with E-state index in [0.717, 1.165) is 17.7 Å². The molecule has 0 spiro atoms. The van der Waals surface area contributed by atoms with E-state index in [0.29, 0.717) is 18.3 Å². The predicted molar refractivity (Wildman–Crippen MR) is 74.7 cm³/mol. The van der Waals surface area contributed by atoms with Crippen LogP contribution in [0.4, 0.5) is 0 Å². The third-order valence-electron chi connectivity index (χ3n) is 3.11. The molecule has 1 aromatic carbocycles. The standard InChI is InChI=1S/C14H15N5O/c1-19-9-16-8-12(19)13-17-14(20-18-13)11-4-2-10(3-5-11)6-7-15/h2-5,8-9H,6-7,15H2,1H3. The van der Waals surface area contributed by atoms with Crippen LogP contribution in [0.2, 0.25) is 0 Å². The van der Waals surface area contributed by atoms with Crippen molar-refractivity contribution in [2.45, 2.75) is 6.42 Å². The largest absolute Gasteiger partial charge is 0.334 e. The van der Waals surface area contributed by atoms with Crippen LogP contribution >= 0.6 is 0 Å². The van der Waals surface area contributed by atoms with Gasteiger partial charge in [-0.3, -0.25) is 0 Å². The van der Waals surface area contributed by atoms with Crippen LogP contribution in [0.3, 0.4) is 0 Å². The fourth-order valence-corrected chi connectivity index (χ4v) is 2.00. The van der Waals surface area contributed by atoms with Crippen LogP contribution in [0.25, 0.3) is 23.0 Å². The van der Waals surface area contributed by atoms with E-state index in [1.807, 2.05) is 35.9 Å². The molecule has 6 heteroatoms. The molecule has 0 amide bonds. The highest BCUT2D eigenvalue weighted by Gasteiger charge is 2.12. The minimum absolute atomic E-state index is 0.500. The SMILES string of the molecule is Cn1cncc1-c1noc(-c2ccc(CCN)cc2)n1. The van der Waals surface area contributed by atoms with Crippen molar-refractivity contribution >= 4 is 0 Å². The zero-order chi connectivity index (χ0) is 13.9. The first-order valence-corrected chi connectivity index (χ1v) is 6.37. The second-order valence-corrected chi connectivity index (χ2v) is 4.55. The Bertz CT molecular complexity index is 698. The molecule has 0 saturated carbocycles. The van der Waals surface area contributed by atoms with Gasteiger partial charge in [-0.05, 0) is 30.7 Å². The highest BCUT2D eigenvalue weighted by atomic mass is 16.5. The molecule has 0 bridgehead atoms. The summed E-state index contributed by atoms with van der Waals surface area (Å²) >= 11 is 0. The summed E-state index contributed by atoms with van der Waals surface area (Å²) in [5.74, 6) is 1.03. The molecule has 0 aliphatic rings. The van der Waals surface area contributed by atoms with Crippen molar-refractivity contribution in [3.63, 3.8) is 0 Å². The lowest BCUT2D eigenvalue weighted by Crippen LogP contribution is -2.02. The van der Waals surface area contributed by atoms with Gasteiger partial charge in [-0.25, -0.2) is 4.98 Å².